The molecule has 1 atom stereocenters. The van der Waals surface area contributed by atoms with Gasteiger partial charge in [-0.3, -0.25) is 5.84 Å². The van der Waals surface area contributed by atoms with Crippen molar-refractivity contribution >= 4 is 54.8 Å². The zero-order valence-electron chi connectivity index (χ0n) is 9.51. The summed E-state index contributed by atoms with van der Waals surface area (Å²) in [5.41, 5.74) is 4.94. The highest BCUT2D eigenvalue weighted by Gasteiger charge is 2.17. The van der Waals surface area contributed by atoms with Gasteiger partial charge in [0.15, 0.2) is 0 Å². The Morgan fingerprint density at radius 2 is 2.06 bits per heavy atom. The van der Waals surface area contributed by atoms with Gasteiger partial charge in [-0.25, -0.2) is 5.43 Å². The number of benzene rings is 1. The minimum atomic E-state index is -0.0595. The number of hydrogen-bond donors (Lipinski definition) is 2. The highest BCUT2D eigenvalue weighted by atomic mass is 79.9. The highest BCUT2D eigenvalue weighted by Crippen LogP contribution is 2.37. The van der Waals surface area contributed by atoms with Gasteiger partial charge in [0.25, 0.3) is 0 Å². The summed E-state index contributed by atoms with van der Waals surface area (Å²) in [5, 5.41) is 0.752. The standard InChI is InChI=1S/C12H11Br2ClN2S/c1-6-2-3-7(4-9(6)15)11(17-16)10-5-8(13)12(14)18-10/h2-5,11,17H,16H2,1H3. The minimum absolute atomic E-state index is 0.0595. The number of nitrogens with one attached hydrogen (secondary N) is 1. The minimum Gasteiger partial charge on any atom is -0.271 e. The fraction of sp³-hybridized carbons (Fsp3) is 0.167. The average molecular weight is 411 g/mol. The number of hydrazine groups is 1. The molecule has 0 bridgehead atoms. The van der Waals surface area contributed by atoms with Gasteiger partial charge in [0.2, 0.25) is 0 Å². The molecule has 0 aliphatic rings. The van der Waals surface area contributed by atoms with Crippen molar-refractivity contribution in [2.45, 2.75) is 13.0 Å². The molecule has 0 radical (unpaired) electrons. The molecule has 0 aliphatic carbocycles. The third-order valence-electron chi connectivity index (χ3n) is 2.64. The monoisotopic (exact) mass is 408 g/mol. The summed E-state index contributed by atoms with van der Waals surface area (Å²) in [6.45, 7) is 1.98. The van der Waals surface area contributed by atoms with E-state index in [2.05, 4.69) is 37.3 Å². The summed E-state index contributed by atoms with van der Waals surface area (Å²) in [4.78, 5) is 1.12. The van der Waals surface area contributed by atoms with Crippen molar-refractivity contribution in [3.63, 3.8) is 0 Å². The van der Waals surface area contributed by atoms with Crippen LogP contribution in [0.3, 0.4) is 0 Å². The Balaban J connectivity index is 2.41. The van der Waals surface area contributed by atoms with E-state index in [1.54, 1.807) is 11.3 Å². The summed E-state index contributed by atoms with van der Waals surface area (Å²) in [5.74, 6) is 5.67. The molecule has 3 N–H and O–H groups in total. The molecule has 0 saturated carbocycles. The van der Waals surface area contributed by atoms with Crippen molar-refractivity contribution in [3.05, 3.63) is 53.6 Å². The molecular weight excluding hydrogens is 399 g/mol. The second-order valence-electron chi connectivity index (χ2n) is 3.88. The molecule has 1 aromatic heterocycles. The molecule has 0 saturated heterocycles. The third-order valence-corrected chi connectivity index (χ3v) is 6.37. The Hall–Kier alpha value is 0.0900. The lowest BCUT2D eigenvalue weighted by atomic mass is 10.0. The second kappa shape index (κ2) is 6.03. The Morgan fingerprint density at radius 1 is 1.33 bits per heavy atom. The van der Waals surface area contributed by atoms with Crippen LogP contribution in [0.25, 0.3) is 0 Å². The summed E-state index contributed by atoms with van der Waals surface area (Å²) in [7, 11) is 0. The van der Waals surface area contributed by atoms with Crippen LogP contribution in [0.15, 0.2) is 32.5 Å². The van der Waals surface area contributed by atoms with Crippen LogP contribution < -0.4 is 11.3 Å². The van der Waals surface area contributed by atoms with Crippen molar-refractivity contribution in [1.82, 2.24) is 5.43 Å². The largest absolute Gasteiger partial charge is 0.271 e. The number of rotatable bonds is 3. The van der Waals surface area contributed by atoms with E-state index < -0.39 is 0 Å². The molecule has 0 spiro atoms. The smallest absolute Gasteiger partial charge is 0.0843 e. The first-order valence-electron chi connectivity index (χ1n) is 5.20. The Kier molecular flexibility index (Phi) is 4.86. The topological polar surface area (TPSA) is 38.0 Å². The Labute approximate surface area is 132 Å². The molecule has 0 aliphatic heterocycles. The lowest BCUT2D eigenvalue weighted by Crippen LogP contribution is -2.28. The summed E-state index contributed by atoms with van der Waals surface area (Å²) in [6, 6.07) is 7.97. The summed E-state index contributed by atoms with van der Waals surface area (Å²) >= 11 is 14.8. The van der Waals surface area contributed by atoms with E-state index in [1.807, 2.05) is 31.2 Å². The van der Waals surface area contributed by atoms with Gasteiger partial charge in [-0.1, -0.05) is 23.7 Å². The lowest BCUT2D eigenvalue weighted by molar-refractivity contribution is 0.646. The van der Waals surface area contributed by atoms with Crippen LogP contribution in [0.4, 0.5) is 0 Å². The molecule has 0 amide bonds. The van der Waals surface area contributed by atoms with Gasteiger partial charge in [0.1, 0.15) is 0 Å². The second-order valence-corrected chi connectivity index (χ2v) is 7.54. The molecule has 1 aromatic carbocycles. The molecular formula is C12H11Br2ClN2S. The lowest BCUT2D eigenvalue weighted by Gasteiger charge is -2.15. The number of aryl methyl sites for hydroxylation is 1. The molecule has 1 heterocycles. The normalized spacial score (nSPS) is 12.7. The zero-order chi connectivity index (χ0) is 13.3. The molecule has 18 heavy (non-hydrogen) atoms. The SMILES string of the molecule is Cc1ccc(C(NN)c2cc(Br)c(Br)s2)cc1Cl. The van der Waals surface area contributed by atoms with Gasteiger partial charge in [0, 0.05) is 14.4 Å². The molecule has 2 nitrogen and oxygen atoms in total. The van der Waals surface area contributed by atoms with E-state index >= 15 is 0 Å². The first-order valence-corrected chi connectivity index (χ1v) is 7.98. The van der Waals surface area contributed by atoms with E-state index in [9.17, 15) is 0 Å². The van der Waals surface area contributed by atoms with Gasteiger partial charge < -0.3 is 0 Å². The van der Waals surface area contributed by atoms with Crippen molar-refractivity contribution in [1.29, 1.82) is 0 Å². The fourth-order valence-corrected chi connectivity index (χ4v) is 4.00. The maximum Gasteiger partial charge on any atom is 0.0843 e. The van der Waals surface area contributed by atoms with E-state index in [0.29, 0.717) is 0 Å². The maximum atomic E-state index is 6.16. The molecule has 96 valence electrons. The first kappa shape index (κ1) is 14.5. The number of thiophene rings is 1. The van der Waals surface area contributed by atoms with Gasteiger partial charge in [0.05, 0.1) is 9.83 Å². The van der Waals surface area contributed by atoms with Crippen molar-refractivity contribution < 1.29 is 0 Å². The van der Waals surface area contributed by atoms with Crippen LogP contribution in [0.1, 0.15) is 22.0 Å². The average Bonchev–Trinajstić information content (AvgIpc) is 2.65. The number of halogens is 3. The van der Waals surface area contributed by atoms with E-state index in [-0.39, 0.29) is 6.04 Å². The van der Waals surface area contributed by atoms with E-state index in [0.717, 1.165) is 29.3 Å². The molecule has 2 rings (SSSR count). The van der Waals surface area contributed by atoms with Crippen LogP contribution in [0.2, 0.25) is 5.02 Å². The van der Waals surface area contributed by atoms with Crippen LogP contribution in [0.5, 0.6) is 0 Å². The van der Waals surface area contributed by atoms with E-state index in [1.165, 1.54) is 0 Å². The number of hydrogen-bond acceptors (Lipinski definition) is 3. The van der Waals surface area contributed by atoms with Gasteiger partial charge in [-0.05, 0) is 62.0 Å². The zero-order valence-corrected chi connectivity index (χ0v) is 14.3. The van der Waals surface area contributed by atoms with Crippen molar-refractivity contribution in [3.8, 4) is 0 Å². The summed E-state index contributed by atoms with van der Waals surface area (Å²) < 4.78 is 2.08. The van der Waals surface area contributed by atoms with Crippen molar-refractivity contribution in [2.24, 2.45) is 5.84 Å². The predicted octanol–water partition coefficient (Wildman–Crippen LogP) is 4.79. The molecule has 6 heteroatoms. The van der Waals surface area contributed by atoms with Crippen LogP contribution in [-0.2, 0) is 0 Å². The maximum absolute atomic E-state index is 6.16. The Morgan fingerprint density at radius 3 is 2.56 bits per heavy atom. The van der Waals surface area contributed by atoms with Crippen LogP contribution in [-0.4, -0.2) is 0 Å². The summed E-state index contributed by atoms with van der Waals surface area (Å²) in [6.07, 6.45) is 0. The van der Waals surface area contributed by atoms with E-state index in [4.69, 9.17) is 17.4 Å². The van der Waals surface area contributed by atoms with Gasteiger partial charge >= 0.3 is 0 Å². The fourth-order valence-electron chi connectivity index (χ4n) is 1.64. The van der Waals surface area contributed by atoms with Crippen LogP contribution in [0, 0.1) is 6.92 Å². The number of nitrogens with two attached hydrogens (primary N) is 1. The highest BCUT2D eigenvalue weighted by molar-refractivity contribution is 9.13. The van der Waals surface area contributed by atoms with Crippen molar-refractivity contribution in [2.75, 3.05) is 0 Å². The third kappa shape index (κ3) is 2.98. The molecule has 1 unspecified atom stereocenters. The predicted molar refractivity (Wildman–Crippen MR) is 85.1 cm³/mol. The van der Waals surface area contributed by atoms with Gasteiger partial charge in [-0.2, -0.15) is 0 Å². The molecule has 0 fully saturated rings. The van der Waals surface area contributed by atoms with Gasteiger partial charge in [-0.15, -0.1) is 11.3 Å². The quantitative estimate of drug-likeness (QED) is 0.564. The first-order chi connectivity index (χ1) is 8.52. The van der Waals surface area contributed by atoms with Crippen LogP contribution >= 0.6 is 54.8 Å². The Bertz CT molecular complexity index is 552. The molecule has 2 aromatic rings.